The Kier molecular flexibility index (Phi) is 4.43. The zero-order valence-corrected chi connectivity index (χ0v) is 15.0. The van der Waals surface area contributed by atoms with Gasteiger partial charge >= 0.3 is 5.97 Å². The first-order valence-electron chi connectivity index (χ1n) is 7.20. The minimum Gasteiger partial charge on any atom is -0.455 e. The molecule has 3 rings (SSSR count). The third kappa shape index (κ3) is 3.20. The van der Waals surface area contributed by atoms with Crippen molar-refractivity contribution in [3.05, 3.63) is 17.6 Å². The third-order valence-electron chi connectivity index (χ3n) is 3.25. The number of nitrogens with one attached hydrogen (secondary N) is 1. The molecule has 0 spiro atoms. The number of hydrogen-bond donors (Lipinski definition) is 1. The fourth-order valence-corrected chi connectivity index (χ4v) is 4.39. The molecular weight excluding hydrogens is 352 g/mol. The molecule has 1 N–H and O–H groups in total. The van der Waals surface area contributed by atoms with Crippen LogP contribution < -0.4 is 0 Å². The number of β-lactam (4-membered cyclic amide) rings is 1. The lowest BCUT2D eigenvalue weighted by Crippen LogP contribution is -2.62. The lowest BCUT2D eigenvalue weighted by molar-refractivity contribution is -0.161. The number of amides is 1. The Bertz CT molecular complexity index is 724. The molecule has 0 bridgehead atoms. The molecule has 1 aromatic rings. The van der Waals surface area contributed by atoms with Crippen LogP contribution in [0.2, 0.25) is 0 Å². The number of carbonyl (C=O) groups is 3. The average molecular weight is 368 g/mol. The van der Waals surface area contributed by atoms with Gasteiger partial charge in [0, 0.05) is 11.5 Å². The number of ether oxygens (including phenoxy) is 1. The number of esters is 1. The summed E-state index contributed by atoms with van der Waals surface area (Å²) in [5.41, 5.74) is 0.240. The second kappa shape index (κ2) is 6.25. The van der Waals surface area contributed by atoms with Crippen LogP contribution in [0.15, 0.2) is 22.8 Å². The molecule has 1 fully saturated rings. The summed E-state index contributed by atoms with van der Waals surface area (Å²) >= 11 is 2.71. The van der Waals surface area contributed by atoms with Crippen molar-refractivity contribution in [3.63, 3.8) is 0 Å². The van der Waals surface area contributed by atoms with Crippen LogP contribution >= 0.6 is 23.5 Å². The predicted molar refractivity (Wildman–Crippen MR) is 88.1 cm³/mol. The van der Waals surface area contributed by atoms with Crippen molar-refractivity contribution in [3.8, 4) is 0 Å². The Morgan fingerprint density at radius 1 is 1.50 bits per heavy atom. The van der Waals surface area contributed by atoms with Crippen molar-refractivity contribution in [1.29, 1.82) is 0 Å². The van der Waals surface area contributed by atoms with E-state index >= 15 is 0 Å². The highest BCUT2D eigenvalue weighted by Gasteiger charge is 2.53. The Labute approximate surface area is 146 Å². The van der Waals surface area contributed by atoms with Gasteiger partial charge in [-0.2, -0.15) is 5.10 Å². The van der Waals surface area contributed by atoms with Crippen LogP contribution in [-0.2, 0) is 19.1 Å². The van der Waals surface area contributed by atoms with Crippen LogP contribution in [0.1, 0.15) is 20.8 Å². The van der Waals surface area contributed by atoms with E-state index in [-0.39, 0.29) is 5.70 Å². The van der Waals surface area contributed by atoms with E-state index in [1.165, 1.54) is 34.8 Å². The minimum absolute atomic E-state index is 0.185. The van der Waals surface area contributed by atoms with Crippen LogP contribution in [0, 0.1) is 0 Å². The average Bonchev–Trinajstić information content (AvgIpc) is 3.02. The molecule has 2 aliphatic rings. The van der Waals surface area contributed by atoms with E-state index < -0.39 is 28.6 Å². The second-order valence-corrected chi connectivity index (χ2v) is 8.27. The lowest BCUT2D eigenvalue weighted by atomic mass is 10.1. The summed E-state index contributed by atoms with van der Waals surface area (Å²) in [5.74, 6) is -0.780. The highest BCUT2D eigenvalue weighted by Crippen LogP contribution is 2.40. The smallest absolute Gasteiger partial charge is 0.355 e. The monoisotopic (exact) mass is 368 g/mol. The summed E-state index contributed by atoms with van der Waals surface area (Å²) < 4.78 is 5.42. The Balaban J connectivity index is 1.87. The quantitative estimate of drug-likeness (QED) is 0.363. The van der Waals surface area contributed by atoms with E-state index in [4.69, 9.17) is 4.74 Å². The van der Waals surface area contributed by atoms with Crippen molar-refractivity contribution < 1.29 is 19.1 Å². The molecule has 1 aromatic heterocycles. The van der Waals surface area contributed by atoms with Crippen molar-refractivity contribution >= 4 is 41.2 Å². The summed E-state index contributed by atoms with van der Waals surface area (Å²) in [6, 6.07) is 0. The molecule has 24 heavy (non-hydrogen) atoms. The predicted octanol–water partition coefficient (Wildman–Crippen LogP) is 0.977. The summed E-state index contributed by atoms with van der Waals surface area (Å²) in [6.07, 6.45) is 1.40. The number of nitrogens with zero attached hydrogens (tertiary/aromatic N) is 3. The van der Waals surface area contributed by atoms with Gasteiger partial charge in [0.05, 0.1) is 0 Å². The van der Waals surface area contributed by atoms with Gasteiger partial charge < -0.3 is 4.74 Å². The molecule has 8 nitrogen and oxygen atoms in total. The number of aromatic amines is 1. The van der Waals surface area contributed by atoms with Crippen LogP contribution in [-0.4, -0.2) is 60.2 Å². The SMILES string of the molecule is CC(C)(C)OC(=O)C1=C(CSc2ncn[nH]2)CS[C@H]2C(=O)C(=O)N12. The van der Waals surface area contributed by atoms with Gasteiger partial charge in [-0.1, -0.05) is 11.8 Å². The van der Waals surface area contributed by atoms with E-state index in [1.54, 1.807) is 20.8 Å². The number of rotatable bonds is 4. The molecule has 0 unspecified atom stereocenters. The molecule has 1 saturated heterocycles. The Morgan fingerprint density at radius 3 is 2.88 bits per heavy atom. The zero-order valence-electron chi connectivity index (χ0n) is 13.4. The van der Waals surface area contributed by atoms with Gasteiger partial charge in [0.25, 0.3) is 11.7 Å². The van der Waals surface area contributed by atoms with Gasteiger partial charge in [0.15, 0.2) is 10.5 Å². The number of H-pyrrole nitrogens is 1. The first-order valence-corrected chi connectivity index (χ1v) is 9.24. The number of hydrogen-bond acceptors (Lipinski definition) is 8. The first-order chi connectivity index (χ1) is 11.3. The number of fused-ring (bicyclic) bond motifs is 1. The topological polar surface area (TPSA) is 105 Å². The zero-order chi connectivity index (χ0) is 17.5. The molecule has 2 aliphatic heterocycles. The molecule has 1 atom stereocenters. The number of thioether (sulfide) groups is 2. The molecule has 0 aromatic carbocycles. The normalized spacial score (nSPS) is 20.8. The van der Waals surface area contributed by atoms with Crippen molar-refractivity contribution in [2.75, 3.05) is 11.5 Å². The lowest BCUT2D eigenvalue weighted by Gasteiger charge is -2.43. The van der Waals surface area contributed by atoms with Crippen LogP contribution in [0.5, 0.6) is 0 Å². The van der Waals surface area contributed by atoms with Crippen LogP contribution in [0.25, 0.3) is 0 Å². The van der Waals surface area contributed by atoms with Gasteiger partial charge in [-0.15, -0.1) is 11.8 Å². The summed E-state index contributed by atoms with van der Waals surface area (Å²) in [4.78, 5) is 41.5. The summed E-state index contributed by atoms with van der Waals surface area (Å²) in [7, 11) is 0. The van der Waals surface area contributed by atoms with Gasteiger partial charge in [0.2, 0.25) is 0 Å². The maximum atomic E-state index is 12.6. The molecule has 0 radical (unpaired) electrons. The highest BCUT2D eigenvalue weighted by molar-refractivity contribution is 8.01. The Hall–Kier alpha value is -1.81. The maximum absolute atomic E-state index is 12.6. The van der Waals surface area contributed by atoms with E-state index in [0.29, 0.717) is 16.7 Å². The fraction of sp³-hybridized carbons (Fsp3) is 0.500. The van der Waals surface area contributed by atoms with E-state index in [1.807, 2.05) is 0 Å². The number of Topliss-reactive ketones (excluding diaryl/α,β-unsaturated/α-hetero) is 1. The maximum Gasteiger partial charge on any atom is 0.355 e. The van der Waals surface area contributed by atoms with Crippen LogP contribution in [0.4, 0.5) is 0 Å². The fourth-order valence-electron chi connectivity index (χ4n) is 2.27. The van der Waals surface area contributed by atoms with Gasteiger partial charge in [-0.25, -0.2) is 9.78 Å². The second-order valence-electron chi connectivity index (χ2n) is 6.24. The molecule has 0 aliphatic carbocycles. The van der Waals surface area contributed by atoms with E-state index in [0.717, 1.165) is 5.57 Å². The van der Waals surface area contributed by atoms with Gasteiger partial charge in [0.1, 0.15) is 17.6 Å². The van der Waals surface area contributed by atoms with Crippen LogP contribution in [0.3, 0.4) is 0 Å². The standard InChI is InChI=1S/C14H16N4O4S2/c1-14(2,3)22-12(21)8-7(5-24-13-15-6-16-17-13)4-23-11-9(19)10(20)18(8)11/h6,11H,4-5H2,1-3H3,(H,15,16,17)/t11-/m0/s1. The molecule has 128 valence electrons. The number of carbonyl (C=O) groups excluding carboxylic acids is 3. The number of ketones is 1. The molecule has 0 saturated carbocycles. The van der Waals surface area contributed by atoms with E-state index in [9.17, 15) is 14.4 Å². The largest absolute Gasteiger partial charge is 0.455 e. The molecule has 3 heterocycles. The first kappa shape index (κ1) is 17.0. The molecular formula is C14H16N4O4S2. The number of aromatic nitrogens is 3. The van der Waals surface area contributed by atoms with E-state index in [2.05, 4.69) is 15.2 Å². The third-order valence-corrected chi connectivity index (χ3v) is 5.47. The summed E-state index contributed by atoms with van der Waals surface area (Å²) in [6.45, 7) is 5.27. The van der Waals surface area contributed by atoms with Gasteiger partial charge in [-0.05, 0) is 26.3 Å². The van der Waals surface area contributed by atoms with Gasteiger partial charge in [-0.3, -0.25) is 19.6 Å². The van der Waals surface area contributed by atoms with Crippen molar-refractivity contribution in [1.82, 2.24) is 20.1 Å². The molecule has 1 amide bonds. The Morgan fingerprint density at radius 2 is 2.25 bits per heavy atom. The van der Waals surface area contributed by atoms with Crippen molar-refractivity contribution in [2.45, 2.75) is 36.9 Å². The summed E-state index contributed by atoms with van der Waals surface area (Å²) in [5, 5.41) is 6.50. The minimum atomic E-state index is -0.689. The highest BCUT2D eigenvalue weighted by atomic mass is 32.2. The molecule has 10 heteroatoms. The van der Waals surface area contributed by atoms with Crippen molar-refractivity contribution in [2.24, 2.45) is 0 Å².